The molecule has 0 aliphatic rings. The second-order valence-corrected chi connectivity index (χ2v) is 8.02. The van der Waals surface area contributed by atoms with Gasteiger partial charge < -0.3 is 4.74 Å². The summed E-state index contributed by atoms with van der Waals surface area (Å²) in [5.74, 6) is 0.918. The lowest BCUT2D eigenvalue weighted by molar-refractivity contribution is 0.305. The van der Waals surface area contributed by atoms with Crippen molar-refractivity contribution in [1.29, 1.82) is 0 Å². The van der Waals surface area contributed by atoms with Gasteiger partial charge in [-0.05, 0) is 39.7 Å². The van der Waals surface area contributed by atoms with Crippen LogP contribution in [0.5, 0.6) is 5.75 Å². The highest BCUT2D eigenvalue weighted by molar-refractivity contribution is 5.37. The summed E-state index contributed by atoms with van der Waals surface area (Å²) in [5, 5.41) is 0. The zero-order valence-electron chi connectivity index (χ0n) is 14.7. The minimum Gasteiger partial charge on any atom is -0.489 e. The average molecular weight is 296 g/mol. The van der Waals surface area contributed by atoms with Crippen LogP contribution in [0.25, 0.3) is 0 Å². The van der Waals surface area contributed by atoms with E-state index < -0.39 is 0 Å². The molecule has 1 heteroatoms. The fourth-order valence-corrected chi connectivity index (χ4v) is 2.32. The molecule has 1 nitrogen and oxygen atoms in total. The maximum absolute atomic E-state index is 5.93. The summed E-state index contributed by atoms with van der Waals surface area (Å²) in [6, 6.07) is 16.9. The lowest BCUT2D eigenvalue weighted by atomic mass is 9.79. The third kappa shape index (κ3) is 4.37. The molecule has 0 atom stereocenters. The lowest BCUT2D eigenvalue weighted by Gasteiger charge is -2.26. The number of ether oxygens (including phenoxy) is 1. The first-order valence-corrected chi connectivity index (χ1v) is 7.99. The topological polar surface area (TPSA) is 9.23 Å². The Morgan fingerprint density at radius 3 is 1.68 bits per heavy atom. The van der Waals surface area contributed by atoms with E-state index in [1.165, 1.54) is 16.7 Å². The van der Waals surface area contributed by atoms with Gasteiger partial charge in [-0.15, -0.1) is 0 Å². The lowest BCUT2D eigenvalue weighted by Crippen LogP contribution is -2.17. The molecular weight excluding hydrogens is 268 g/mol. The Bertz CT molecular complexity index is 580. The smallest absolute Gasteiger partial charge is 0.119 e. The van der Waals surface area contributed by atoms with Crippen molar-refractivity contribution in [3.05, 3.63) is 65.2 Å². The molecule has 0 spiro atoms. The van der Waals surface area contributed by atoms with Gasteiger partial charge in [0.1, 0.15) is 12.4 Å². The summed E-state index contributed by atoms with van der Waals surface area (Å²) in [6.07, 6.45) is 0. The van der Waals surface area contributed by atoms with Crippen LogP contribution in [-0.2, 0) is 17.4 Å². The molecule has 2 rings (SSSR count). The first-order chi connectivity index (χ1) is 10.2. The fourth-order valence-electron chi connectivity index (χ4n) is 2.32. The Hall–Kier alpha value is -1.76. The molecule has 0 heterocycles. The molecule has 0 bridgehead atoms. The van der Waals surface area contributed by atoms with Gasteiger partial charge in [0.25, 0.3) is 0 Å². The van der Waals surface area contributed by atoms with E-state index in [0.717, 1.165) is 5.75 Å². The standard InChI is InChI=1S/C21H28O/c1-20(2,3)17-12-16(13-18(14-17)21(4,5)6)15-22-19-10-8-7-9-11-19/h7-14H,15H2,1-6H3. The Morgan fingerprint density at radius 1 is 0.727 bits per heavy atom. The Balaban J connectivity index is 2.30. The van der Waals surface area contributed by atoms with Crippen LogP contribution in [0.4, 0.5) is 0 Å². The largest absolute Gasteiger partial charge is 0.489 e. The zero-order valence-corrected chi connectivity index (χ0v) is 14.7. The second-order valence-electron chi connectivity index (χ2n) is 8.02. The van der Waals surface area contributed by atoms with Crippen molar-refractivity contribution < 1.29 is 4.74 Å². The van der Waals surface area contributed by atoms with Gasteiger partial charge in [-0.2, -0.15) is 0 Å². The van der Waals surface area contributed by atoms with Gasteiger partial charge >= 0.3 is 0 Å². The molecule has 2 aromatic carbocycles. The molecule has 22 heavy (non-hydrogen) atoms. The van der Waals surface area contributed by atoms with Crippen LogP contribution in [0.2, 0.25) is 0 Å². The van der Waals surface area contributed by atoms with Gasteiger partial charge in [-0.25, -0.2) is 0 Å². The van der Waals surface area contributed by atoms with E-state index in [4.69, 9.17) is 4.74 Å². The van der Waals surface area contributed by atoms with Gasteiger partial charge in [0, 0.05) is 0 Å². The number of hydrogen-bond acceptors (Lipinski definition) is 1. The van der Waals surface area contributed by atoms with Crippen LogP contribution in [0.1, 0.15) is 58.2 Å². The molecule has 0 aliphatic heterocycles. The fraction of sp³-hybridized carbons (Fsp3) is 0.429. The summed E-state index contributed by atoms with van der Waals surface area (Å²) in [4.78, 5) is 0. The van der Waals surface area contributed by atoms with E-state index in [9.17, 15) is 0 Å². The summed E-state index contributed by atoms with van der Waals surface area (Å²) in [5.41, 5.74) is 4.25. The maximum atomic E-state index is 5.93. The molecule has 2 aromatic rings. The van der Waals surface area contributed by atoms with Crippen molar-refractivity contribution in [2.45, 2.75) is 59.0 Å². The van der Waals surface area contributed by atoms with Crippen LogP contribution >= 0.6 is 0 Å². The number of rotatable bonds is 3. The van der Waals surface area contributed by atoms with Gasteiger partial charge in [0.05, 0.1) is 0 Å². The molecule has 0 aliphatic carbocycles. The van der Waals surface area contributed by atoms with Gasteiger partial charge in [0.2, 0.25) is 0 Å². The third-order valence-electron chi connectivity index (χ3n) is 3.87. The highest BCUT2D eigenvalue weighted by atomic mass is 16.5. The van der Waals surface area contributed by atoms with Crippen molar-refractivity contribution in [3.8, 4) is 5.75 Å². The molecule has 0 unspecified atom stereocenters. The number of hydrogen-bond donors (Lipinski definition) is 0. The summed E-state index contributed by atoms with van der Waals surface area (Å²) in [7, 11) is 0. The quantitative estimate of drug-likeness (QED) is 0.689. The maximum Gasteiger partial charge on any atom is 0.119 e. The van der Waals surface area contributed by atoms with E-state index in [-0.39, 0.29) is 10.8 Å². The predicted octanol–water partition coefficient (Wildman–Crippen LogP) is 5.86. The van der Waals surface area contributed by atoms with Gasteiger partial charge in [-0.3, -0.25) is 0 Å². The Morgan fingerprint density at radius 2 is 1.23 bits per heavy atom. The van der Waals surface area contributed by atoms with Crippen LogP contribution in [0, 0.1) is 0 Å². The van der Waals surface area contributed by atoms with Crippen LogP contribution in [0.15, 0.2) is 48.5 Å². The van der Waals surface area contributed by atoms with Crippen molar-refractivity contribution in [3.63, 3.8) is 0 Å². The molecule has 0 N–H and O–H groups in total. The molecule has 0 saturated heterocycles. The molecule has 0 radical (unpaired) electrons. The van der Waals surface area contributed by atoms with Crippen molar-refractivity contribution >= 4 is 0 Å². The van der Waals surface area contributed by atoms with E-state index in [1.54, 1.807) is 0 Å². The Kier molecular flexibility index (Phi) is 4.65. The Labute approximate surface area is 135 Å². The third-order valence-corrected chi connectivity index (χ3v) is 3.87. The predicted molar refractivity (Wildman–Crippen MR) is 94.6 cm³/mol. The minimum atomic E-state index is 0.142. The van der Waals surface area contributed by atoms with Crippen LogP contribution in [-0.4, -0.2) is 0 Å². The van der Waals surface area contributed by atoms with Crippen LogP contribution in [0.3, 0.4) is 0 Å². The van der Waals surface area contributed by atoms with Crippen molar-refractivity contribution in [1.82, 2.24) is 0 Å². The molecule has 118 valence electrons. The summed E-state index contributed by atoms with van der Waals surface area (Å²) >= 11 is 0. The first kappa shape index (κ1) is 16.6. The van der Waals surface area contributed by atoms with Crippen molar-refractivity contribution in [2.75, 3.05) is 0 Å². The zero-order chi connectivity index (χ0) is 16.4. The first-order valence-electron chi connectivity index (χ1n) is 7.99. The van der Waals surface area contributed by atoms with E-state index in [1.807, 2.05) is 30.3 Å². The van der Waals surface area contributed by atoms with Gasteiger partial charge in [0.15, 0.2) is 0 Å². The molecule has 0 amide bonds. The number of para-hydroxylation sites is 1. The van der Waals surface area contributed by atoms with E-state index in [2.05, 4.69) is 59.7 Å². The average Bonchev–Trinajstić information content (AvgIpc) is 2.44. The summed E-state index contributed by atoms with van der Waals surface area (Å²) in [6.45, 7) is 14.2. The molecule has 0 fully saturated rings. The van der Waals surface area contributed by atoms with Crippen molar-refractivity contribution in [2.24, 2.45) is 0 Å². The second kappa shape index (κ2) is 6.16. The van der Waals surface area contributed by atoms with E-state index in [0.29, 0.717) is 6.61 Å². The van der Waals surface area contributed by atoms with E-state index >= 15 is 0 Å². The molecule has 0 saturated carbocycles. The van der Waals surface area contributed by atoms with Gasteiger partial charge in [-0.1, -0.05) is 77.9 Å². The van der Waals surface area contributed by atoms with Crippen LogP contribution < -0.4 is 4.74 Å². The monoisotopic (exact) mass is 296 g/mol. The number of benzene rings is 2. The SMILES string of the molecule is CC(C)(C)c1cc(COc2ccccc2)cc(C(C)(C)C)c1. The molecular formula is C21H28O. The normalized spacial score (nSPS) is 12.3. The highest BCUT2D eigenvalue weighted by Crippen LogP contribution is 2.30. The highest BCUT2D eigenvalue weighted by Gasteiger charge is 2.20. The molecule has 0 aromatic heterocycles. The minimum absolute atomic E-state index is 0.142. The summed E-state index contributed by atoms with van der Waals surface area (Å²) < 4.78 is 5.93.